The molecule has 0 aromatic heterocycles. The lowest BCUT2D eigenvalue weighted by molar-refractivity contribution is -0.906. The molecule has 0 bridgehead atoms. The SMILES string of the molecule is CC[N+](C)(CC)CCOC(=O)CC[N+](C)(CC)CC.[I-].[I-]. The van der Waals surface area contributed by atoms with Gasteiger partial charge in [-0.15, -0.1) is 0 Å². The molecule has 0 aliphatic rings. The summed E-state index contributed by atoms with van der Waals surface area (Å²) in [5.74, 6) is -0.0509. The summed E-state index contributed by atoms with van der Waals surface area (Å²) in [4.78, 5) is 11.7. The molecule has 0 aliphatic heterocycles. The van der Waals surface area contributed by atoms with Crippen molar-refractivity contribution in [3.8, 4) is 0 Å². The maximum absolute atomic E-state index is 11.7. The minimum absolute atomic E-state index is 0. The highest BCUT2D eigenvalue weighted by Gasteiger charge is 2.20. The minimum Gasteiger partial charge on any atom is -1.00 e. The van der Waals surface area contributed by atoms with E-state index in [0.29, 0.717) is 13.0 Å². The van der Waals surface area contributed by atoms with Gasteiger partial charge in [-0.05, 0) is 27.7 Å². The van der Waals surface area contributed by atoms with E-state index in [2.05, 4.69) is 41.8 Å². The Labute approximate surface area is 165 Å². The third-order valence-corrected chi connectivity index (χ3v) is 4.80. The van der Waals surface area contributed by atoms with Crippen molar-refractivity contribution in [2.45, 2.75) is 34.1 Å². The van der Waals surface area contributed by atoms with Gasteiger partial charge in [0.2, 0.25) is 0 Å². The van der Waals surface area contributed by atoms with Crippen molar-refractivity contribution < 1.29 is 66.5 Å². The first-order valence-corrected chi connectivity index (χ1v) is 7.67. The van der Waals surface area contributed by atoms with Crippen molar-refractivity contribution >= 4 is 5.97 Å². The molecule has 4 nitrogen and oxygen atoms in total. The first-order valence-electron chi connectivity index (χ1n) is 7.67. The van der Waals surface area contributed by atoms with Crippen molar-refractivity contribution in [2.75, 3.05) is 60.0 Å². The molecular formula is C15H34I2N2O2. The van der Waals surface area contributed by atoms with E-state index in [-0.39, 0.29) is 53.9 Å². The molecule has 0 aromatic rings. The standard InChI is InChI=1S/C15H34N2O2.2HI/c1-7-16(5,8-2)12-11-15(18)19-14-13-17(6,9-3)10-4;;/h7-14H2,1-6H3;2*1H/q+2;;/p-2. The average molecular weight is 528 g/mol. The van der Waals surface area contributed by atoms with E-state index in [1.165, 1.54) is 0 Å². The topological polar surface area (TPSA) is 26.3 Å². The van der Waals surface area contributed by atoms with Gasteiger partial charge >= 0.3 is 5.97 Å². The molecule has 6 heteroatoms. The largest absolute Gasteiger partial charge is 1.00 e. The number of rotatable bonds is 10. The molecule has 0 radical (unpaired) electrons. The predicted molar refractivity (Wildman–Crippen MR) is 79.8 cm³/mol. The van der Waals surface area contributed by atoms with E-state index in [1.54, 1.807) is 0 Å². The fraction of sp³-hybridized carbons (Fsp3) is 0.933. The molecule has 130 valence electrons. The molecule has 0 unspecified atom stereocenters. The Kier molecular flexibility index (Phi) is 16.9. The van der Waals surface area contributed by atoms with E-state index in [1.807, 2.05) is 0 Å². The number of esters is 1. The molecule has 0 fully saturated rings. The van der Waals surface area contributed by atoms with Gasteiger partial charge in [0.15, 0.2) is 0 Å². The predicted octanol–water partition coefficient (Wildman–Crippen LogP) is -4.10. The van der Waals surface area contributed by atoms with Gasteiger partial charge in [0.25, 0.3) is 0 Å². The quantitative estimate of drug-likeness (QED) is 0.164. The van der Waals surface area contributed by atoms with Crippen LogP contribution in [0.15, 0.2) is 0 Å². The molecule has 0 aliphatic carbocycles. The highest BCUT2D eigenvalue weighted by molar-refractivity contribution is 5.69. The summed E-state index contributed by atoms with van der Waals surface area (Å²) >= 11 is 0. The summed E-state index contributed by atoms with van der Waals surface area (Å²) in [5, 5.41) is 0. The Bertz CT molecular complexity index is 268. The highest BCUT2D eigenvalue weighted by atomic mass is 127. The Morgan fingerprint density at radius 3 is 1.57 bits per heavy atom. The van der Waals surface area contributed by atoms with Gasteiger partial charge in [0.05, 0.1) is 53.2 Å². The molecule has 0 N–H and O–H groups in total. The van der Waals surface area contributed by atoms with E-state index in [4.69, 9.17) is 4.74 Å². The fourth-order valence-corrected chi connectivity index (χ4v) is 1.89. The Hall–Kier alpha value is 0.850. The van der Waals surface area contributed by atoms with Gasteiger partial charge in [0, 0.05) is 0 Å². The van der Waals surface area contributed by atoms with Crippen molar-refractivity contribution in [3.05, 3.63) is 0 Å². The number of carbonyl (C=O) groups is 1. The first-order chi connectivity index (χ1) is 8.84. The number of hydrogen-bond donors (Lipinski definition) is 0. The van der Waals surface area contributed by atoms with Crippen LogP contribution in [0.2, 0.25) is 0 Å². The summed E-state index contributed by atoms with van der Waals surface area (Å²) < 4.78 is 7.26. The van der Waals surface area contributed by atoms with Crippen LogP contribution in [0.1, 0.15) is 34.1 Å². The molecule has 0 aromatic carbocycles. The normalized spacial score (nSPS) is 11.3. The zero-order valence-corrected chi connectivity index (χ0v) is 18.9. The number of carbonyl (C=O) groups excluding carboxylic acids is 1. The van der Waals surface area contributed by atoms with E-state index in [0.717, 1.165) is 48.2 Å². The van der Waals surface area contributed by atoms with Gasteiger partial charge in [0.1, 0.15) is 13.2 Å². The lowest BCUT2D eigenvalue weighted by Crippen LogP contribution is -3.00. The Morgan fingerprint density at radius 2 is 1.19 bits per heavy atom. The average Bonchev–Trinajstić information content (AvgIpc) is 2.44. The third kappa shape index (κ3) is 11.1. The van der Waals surface area contributed by atoms with Gasteiger partial charge < -0.3 is 61.7 Å². The number of likely N-dealkylation sites (N-methyl/N-ethyl adjacent to an activating group) is 1. The van der Waals surface area contributed by atoms with E-state index < -0.39 is 0 Å². The molecule has 0 rings (SSSR count). The molecule has 0 saturated carbocycles. The van der Waals surface area contributed by atoms with E-state index in [9.17, 15) is 4.79 Å². The molecule has 0 heterocycles. The van der Waals surface area contributed by atoms with Crippen LogP contribution in [-0.4, -0.2) is 74.9 Å². The number of hydrogen-bond acceptors (Lipinski definition) is 2. The highest BCUT2D eigenvalue weighted by Crippen LogP contribution is 2.05. The molecule has 0 saturated heterocycles. The van der Waals surface area contributed by atoms with Crippen LogP contribution in [0, 0.1) is 0 Å². The van der Waals surface area contributed by atoms with Gasteiger partial charge in [-0.2, -0.15) is 0 Å². The van der Waals surface area contributed by atoms with Crippen LogP contribution in [0.25, 0.3) is 0 Å². The molecule has 0 spiro atoms. The van der Waals surface area contributed by atoms with Crippen molar-refractivity contribution in [1.82, 2.24) is 0 Å². The van der Waals surface area contributed by atoms with Crippen LogP contribution < -0.4 is 48.0 Å². The number of ether oxygens (including phenoxy) is 1. The maximum atomic E-state index is 11.7. The summed E-state index contributed by atoms with van der Waals surface area (Å²) in [7, 11) is 4.39. The lowest BCUT2D eigenvalue weighted by Gasteiger charge is -2.32. The molecule has 0 atom stereocenters. The van der Waals surface area contributed by atoms with Gasteiger partial charge in [-0.1, -0.05) is 0 Å². The molecule has 0 amide bonds. The second kappa shape index (κ2) is 13.3. The second-order valence-corrected chi connectivity index (χ2v) is 5.92. The van der Waals surface area contributed by atoms with Crippen LogP contribution in [0.3, 0.4) is 0 Å². The summed E-state index contributed by atoms with van der Waals surface area (Å²) in [6.45, 7) is 15.3. The van der Waals surface area contributed by atoms with E-state index >= 15 is 0 Å². The summed E-state index contributed by atoms with van der Waals surface area (Å²) in [5.41, 5.74) is 0. The summed E-state index contributed by atoms with van der Waals surface area (Å²) in [6.07, 6.45) is 0.528. The third-order valence-electron chi connectivity index (χ3n) is 4.80. The van der Waals surface area contributed by atoms with Crippen LogP contribution in [0.5, 0.6) is 0 Å². The minimum atomic E-state index is -0.0509. The number of nitrogens with zero attached hydrogens (tertiary/aromatic N) is 2. The van der Waals surface area contributed by atoms with Gasteiger partial charge in [-0.3, -0.25) is 4.79 Å². The zero-order valence-electron chi connectivity index (χ0n) is 14.6. The van der Waals surface area contributed by atoms with Crippen molar-refractivity contribution in [2.24, 2.45) is 0 Å². The Morgan fingerprint density at radius 1 is 0.810 bits per heavy atom. The maximum Gasteiger partial charge on any atom is 0.311 e. The number of quaternary nitrogens is 2. The fourth-order valence-electron chi connectivity index (χ4n) is 1.89. The van der Waals surface area contributed by atoms with Gasteiger partial charge in [-0.25, -0.2) is 0 Å². The van der Waals surface area contributed by atoms with Crippen LogP contribution in [-0.2, 0) is 9.53 Å². The van der Waals surface area contributed by atoms with Crippen LogP contribution >= 0.6 is 0 Å². The second-order valence-electron chi connectivity index (χ2n) is 5.92. The Balaban J connectivity index is -0.00000162. The molecular weight excluding hydrogens is 494 g/mol. The van der Waals surface area contributed by atoms with Crippen molar-refractivity contribution in [1.29, 1.82) is 0 Å². The summed E-state index contributed by atoms with van der Waals surface area (Å²) in [6, 6.07) is 0. The first kappa shape index (κ1) is 26.7. The van der Waals surface area contributed by atoms with Crippen LogP contribution in [0.4, 0.5) is 0 Å². The smallest absolute Gasteiger partial charge is 0.311 e. The number of halogens is 2. The zero-order chi connectivity index (χ0) is 14.9. The molecule has 21 heavy (non-hydrogen) atoms. The monoisotopic (exact) mass is 528 g/mol. The lowest BCUT2D eigenvalue weighted by atomic mass is 10.3. The van der Waals surface area contributed by atoms with Crippen molar-refractivity contribution in [3.63, 3.8) is 0 Å².